The van der Waals surface area contributed by atoms with Gasteiger partial charge in [-0.05, 0) is 18.6 Å². The lowest BCUT2D eigenvalue weighted by Gasteiger charge is -2.08. The molecule has 0 radical (unpaired) electrons. The highest BCUT2D eigenvalue weighted by atomic mass is 32.2. The number of nitrogens with one attached hydrogen (secondary N) is 1. The first-order chi connectivity index (χ1) is 8.61. The molecule has 1 unspecified atom stereocenters. The van der Waals surface area contributed by atoms with Crippen LogP contribution in [0.1, 0.15) is 18.3 Å². The number of aryl methyl sites for hydroxylation is 1. The third kappa shape index (κ3) is 2.73. The maximum absolute atomic E-state index is 11.9. The monoisotopic (exact) mass is 263 g/mol. The second kappa shape index (κ2) is 5.54. The largest absolute Gasteiger partial charge is 0.329 e. The van der Waals surface area contributed by atoms with Gasteiger partial charge >= 0.3 is 0 Å². The van der Waals surface area contributed by atoms with E-state index in [2.05, 4.69) is 16.9 Å². The summed E-state index contributed by atoms with van der Waals surface area (Å²) in [6.07, 6.45) is 0. The van der Waals surface area contributed by atoms with Gasteiger partial charge in [-0.15, -0.1) is 11.8 Å². The lowest BCUT2D eigenvalue weighted by molar-refractivity contribution is 0.944. The van der Waals surface area contributed by atoms with E-state index < -0.39 is 0 Å². The summed E-state index contributed by atoms with van der Waals surface area (Å²) in [5.41, 5.74) is 7.31. The summed E-state index contributed by atoms with van der Waals surface area (Å²) in [5, 5.41) is 1.01. The van der Waals surface area contributed by atoms with Gasteiger partial charge in [0.1, 0.15) is 5.82 Å². The summed E-state index contributed by atoms with van der Waals surface area (Å²) in [6.45, 7) is 4.66. The topological polar surface area (TPSA) is 71.8 Å². The molecule has 0 fully saturated rings. The van der Waals surface area contributed by atoms with Crippen molar-refractivity contribution in [3.8, 4) is 0 Å². The SMILES string of the molecule is Cc1cccc2c(=O)[nH]c(CSC(C)CN)nc12. The van der Waals surface area contributed by atoms with Crippen molar-refractivity contribution in [1.29, 1.82) is 0 Å². The average molecular weight is 263 g/mol. The fourth-order valence-electron chi connectivity index (χ4n) is 1.71. The molecule has 0 aliphatic rings. The summed E-state index contributed by atoms with van der Waals surface area (Å²) < 4.78 is 0. The third-order valence-electron chi connectivity index (χ3n) is 2.82. The first-order valence-electron chi connectivity index (χ1n) is 5.92. The standard InChI is InChI=1S/C13H17N3OS/c1-8-4-3-5-10-12(8)15-11(16-13(10)17)7-18-9(2)6-14/h3-5,9H,6-7,14H2,1-2H3,(H,15,16,17). The van der Waals surface area contributed by atoms with Gasteiger partial charge in [0.25, 0.3) is 5.56 Å². The predicted octanol–water partition coefficient (Wildman–Crippen LogP) is 1.81. The summed E-state index contributed by atoms with van der Waals surface area (Å²) in [7, 11) is 0. The van der Waals surface area contributed by atoms with Gasteiger partial charge in [0, 0.05) is 11.8 Å². The minimum atomic E-state index is -0.0697. The second-order valence-electron chi connectivity index (χ2n) is 4.34. The Morgan fingerprint density at radius 2 is 2.28 bits per heavy atom. The first kappa shape index (κ1) is 13.1. The molecule has 2 aromatic rings. The zero-order chi connectivity index (χ0) is 13.1. The lowest BCUT2D eigenvalue weighted by Crippen LogP contribution is -2.15. The highest BCUT2D eigenvalue weighted by Crippen LogP contribution is 2.16. The van der Waals surface area contributed by atoms with Crippen LogP contribution in [0.3, 0.4) is 0 Å². The van der Waals surface area contributed by atoms with Crippen LogP contribution < -0.4 is 11.3 Å². The Balaban J connectivity index is 2.36. The molecule has 5 heteroatoms. The van der Waals surface area contributed by atoms with Gasteiger partial charge in [-0.1, -0.05) is 19.1 Å². The number of thioether (sulfide) groups is 1. The molecule has 4 nitrogen and oxygen atoms in total. The highest BCUT2D eigenvalue weighted by molar-refractivity contribution is 7.99. The summed E-state index contributed by atoms with van der Waals surface area (Å²) in [4.78, 5) is 19.3. The normalized spacial score (nSPS) is 12.8. The van der Waals surface area contributed by atoms with Crippen molar-refractivity contribution in [2.75, 3.05) is 6.54 Å². The molecule has 1 aromatic carbocycles. The summed E-state index contributed by atoms with van der Waals surface area (Å²) >= 11 is 1.69. The van der Waals surface area contributed by atoms with Crippen molar-refractivity contribution in [1.82, 2.24) is 9.97 Å². The Kier molecular flexibility index (Phi) is 4.04. The smallest absolute Gasteiger partial charge is 0.258 e. The molecule has 0 spiro atoms. The van der Waals surface area contributed by atoms with Crippen molar-refractivity contribution < 1.29 is 0 Å². The van der Waals surface area contributed by atoms with Crippen molar-refractivity contribution >= 4 is 22.7 Å². The van der Waals surface area contributed by atoms with Crippen LogP contribution in [0.2, 0.25) is 0 Å². The van der Waals surface area contributed by atoms with E-state index in [-0.39, 0.29) is 5.56 Å². The molecule has 3 N–H and O–H groups in total. The van der Waals surface area contributed by atoms with Crippen LogP contribution in [0, 0.1) is 6.92 Å². The number of para-hydroxylation sites is 1. The molecule has 1 aromatic heterocycles. The molecule has 1 heterocycles. The minimum Gasteiger partial charge on any atom is -0.329 e. The van der Waals surface area contributed by atoms with Gasteiger partial charge in [0.05, 0.1) is 16.7 Å². The minimum absolute atomic E-state index is 0.0697. The molecule has 0 aliphatic heterocycles. The van der Waals surface area contributed by atoms with Gasteiger partial charge in [-0.25, -0.2) is 4.98 Å². The van der Waals surface area contributed by atoms with Crippen LogP contribution in [0.5, 0.6) is 0 Å². The average Bonchev–Trinajstić information content (AvgIpc) is 2.37. The molecule has 96 valence electrons. The number of nitrogens with two attached hydrogens (primary N) is 1. The molecule has 1 atom stereocenters. The maximum atomic E-state index is 11.9. The Bertz CT molecular complexity index is 609. The Labute approximate surface area is 110 Å². The van der Waals surface area contributed by atoms with E-state index in [1.54, 1.807) is 17.8 Å². The molecular weight excluding hydrogens is 246 g/mol. The van der Waals surface area contributed by atoms with Crippen LogP contribution in [-0.2, 0) is 5.75 Å². The molecule has 0 saturated heterocycles. The van der Waals surface area contributed by atoms with Gasteiger partial charge in [-0.2, -0.15) is 0 Å². The number of rotatable bonds is 4. The van der Waals surface area contributed by atoms with Gasteiger partial charge < -0.3 is 10.7 Å². The predicted molar refractivity (Wildman–Crippen MR) is 76.9 cm³/mol. The number of fused-ring (bicyclic) bond motifs is 1. The summed E-state index contributed by atoms with van der Waals surface area (Å²) in [5.74, 6) is 1.39. The Morgan fingerprint density at radius 1 is 1.50 bits per heavy atom. The molecule has 18 heavy (non-hydrogen) atoms. The van der Waals surface area contributed by atoms with E-state index in [1.165, 1.54) is 0 Å². The van der Waals surface area contributed by atoms with Crippen molar-refractivity contribution in [2.24, 2.45) is 5.73 Å². The number of aromatic nitrogens is 2. The van der Waals surface area contributed by atoms with Crippen LogP contribution in [0.4, 0.5) is 0 Å². The lowest BCUT2D eigenvalue weighted by atomic mass is 10.1. The van der Waals surface area contributed by atoms with Crippen molar-refractivity contribution in [2.45, 2.75) is 24.9 Å². The van der Waals surface area contributed by atoms with Gasteiger partial charge in [0.15, 0.2) is 0 Å². The highest BCUT2D eigenvalue weighted by Gasteiger charge is 2.07. The second-order valence-corrected chi connectivity index (χ2v) is 5.77. The van der Waals surface area contributed by atoms with Gasteiger partial charge in [0.2, 0.25) is 0 Å². The zero-order valence-electron chi connectivity index (χ0n) is 10.6. The van der Waals surface area contributed by atoms with Crippen LogP contribution in [-0.4, -0.2) is 21.8 Å². The van der Waals surface area contributed by atoms with Crippen LogP contribution in [0.25, 0.3) is 10.9 Å². The van der Waals surface area contributed by atoms with E-state index in [9.17, 15) is 4.79 Å². The van der Waals surface area contributed by atoms with E-state index >= 15 is 0 Å². The van der Waals surface area contributed by atoms with Crippen molar-refractivity contribution in [3.63, 3.8) is 0 Å². The maximum Gasteiger partial charge on any atom is 0.258 e. The van der Waals surface area contributed by atoms with E-state index in [0.717, 1.165) is 11.1 Å². The molecule has 0 bridgehead atoms. The van der Waals surface area contributed by atoms with Crippen LogP contribution >= 0.6 is 11.8 Å². The summed E-state index contributed by atoms with van der Waals surface area (Å²) in [6, 6.07) is 5.64. The molecule has 0 aliphatic carbocycles. The number of benzene rings is 1. The fraction of sp³-hybridized carbons (Fsp3) is 0.385. The number of hydrogen-bond acceptors (Lipinski definition) is 4. The van der Waals surface area contributed by atoms with Gasteiger partial charge in [-0.3, -0.25) is 4.79 Å². The number of H-pyrrole nitrogens is 1. The number of aromatic amines is 1. The first-order valence-corrected chi connectivity index (χ1v) is 6.97. The zero-order valence-corrected chi connectivity index (χ0v) is 11.4. The van der Waals surface area contributed by atoms with E-state index in [4.69, 9.17) is 5.73 Å². The number of hydrogen-bond donors (Lipinski definition) is 2. The quantitative estimate of drug-likeness (QED) is 0.882. The molecule has 0 amide bonds. The number of nitrogens with zero attached hydrogens (tertiary/aromatic N) is 1. The Morgan fingerprint density at radius 3 is 3.00 bits per heavy atom. The van der Waals surface area contributed by atoms with Crippen LogP contribution in [0.15, 0.2) is 23.0 Å². The van der Waals surface area contributed by atoms with Crippen molar-refractivity contribution in [3.05, 3.63) is 39.9 Å². The van der Waals surface area contributed by atoms with E-state index in [1.807, 2.05) is 19.1 Å². The Hall–Kier alpha value is -1.33. The fourth-order valence-corrected chi connectivity index (χ4v) is 2.42. The van der Waals surface area contributed by atoms with E-state index in [0.29, 0.717) is 28.8 Å². The molecular formula is C13H17N3OS. The third-order valence-corrected chi connectivity index (χ3v) is 4.03. The molecule has 2 rings (SSSR count). The molecule has 0 saturated carbocycles.